The number of hydrogen-bond acceptors (Lipinski definition) is 4. The average Bonchev–Trinajstić information content (AvgIpc) is 2.99. The molecule has 1 fully saturated rings. The molecule has 0 radical (unpaired) electrons. The van der Waals surface area contributed by atoms with Crippen LogP contribution in [-0.4, -0.2) is 40.3 Å². The molecule has 0 amide bonds. The van der Waals surface area contributed by atoms with Crippen molar-refractivity contribution in [3.8, 4) is 0 Å². The fourth-order valence-electron chi connectivity index (χ4n) is 3.30. The topological polar surface area (TPSA) is 55.1 Å². The number of rotatable bonds is 3. The highest BCUT2D eigenvalue weighted by atomic mass is 16.1. The van der Waals surface area contributed by atoms with Crippen LogP contribution in [0.1, 0.15) is 5.56 Å². The first kappa shape index (κ1) is 15.0. The van der Waals surface area contributed by atoms with Crippen LogP contribution in [0, 0.1) is 0 Å². The predicted molar refractivity (Wildman–Crippen MR) is 95.6 cm³/mol. The lowest BCUT2D eigenvalue weighted by Crippen LogP contribution is -2.44. The third-order valence-corrected chi connectivity index (χ3v) is 4.57. The van der Waals surface area contributed by atoms with Gasteiger partial charge in [-0.15, -0.1) is 0 Å². The fourth-order valence-corrected chi connectivity index (χ4v) is 3.30. The van der Waals surface area contributed by atoms with Crippen molar-refractivity contribution in [3.63, 3.8) is 0 Å². The molecule has 0 bridgehead atoms. The van der Waals surface area contributed by atoms with E-state index in [2.05, 4.69) is 31.9 Å². The van der Waals surface area contributed by atoms with E-state index in [9.17, 15) is 4.79 Å². The Morgan fingerprint density at radius 3 is 2.67 bits per heavy atom. The third kappa shape index (κ3) is 2.59. The molecule has 3 heterocycles. The standard InChI is InChI=1S/C18H21N5O/c1-21-13-20-15-11-16(22-9-7-19-8-10-22)23(17(15)18(21)24)12-14-5-3-2-4-6-14/h2-6,11,13,19H,7-10,12H2,1H3. The van der Waals surface area contributed by atoms with Crippen LogP contribution in [0.15, 0.2) is 47.5 Å². The van der Waals surface area contributed by atoms with Crippen LogP contribution in [0.5, 0.6) is 0 Å². The molecule has 1 N–H and O–H groups in total. The zero-order valence-corrected chi connectivity index (χ0v) is 13.8. The highest BCUT2D eigenvalue weighted by Gasteiger charge is 2.20. The Hall–Kier alpha value is -2.60. The van der Waals surface area contributed by atoms with Gasteiger partial charge in [-0.1, -0.05) is 30.3 Å². The number of nitrogens with zero attached hydrogens (tertiary/aromatic N) is 4. The monoisotopic (exact) mass is 323 g/mol. The summed E-state index contributed by atoms with van der Waals surface area (Å²) in [5.41, 5.74) is 2.62. The van der Waals surface area contributed by atoms with Gasteiger partial charge in [-0.2, -0.15) is 0 Å². The molecule has 2 aromatic heterocycles. The van der Waals surface area contributed by atoms with E-state index in [1.807, 2.05) is 24.3 Å². The summed E-state index contributed by atoms with van der Waals surface area (Å²) in [6.45, 7) is 4.46. The zero-order chi connectivity index (χ0) is 16.5. The van der Waals surface area contributed by atoms with Crippen LogP contribution < -0.4 is 15.8 Å². The second-order valence-electron chi connectivity index (χ2n) is 6.21. The van der Waals surface area contributed by atoms with E-state index >= 15 is 0 Å². The van der Waals surface area contributed by atoms with E-state index in [1.54, 1.807) is 17.9 Å². The van der Waals surface area contributed by atoms with Gasteiger partial charge in [0.25, 0.3) is 5.56 Å². The van der Waals surface area contributed by atoms with Crippen LogP contribution >= 0.6 is 0 Å². The minimum Gasteiger partial charge on any atom is -0.355 e. The molecule has 0 spiro atoms. The molecule has 1 saturated heterocycles. The van der Waals surface area contributed by atoms with Gasteiger partial charge in [-0.25, -0.2) is 4.98 Å². The predicted octanol–water partition coefficient (Wildman–Crippen LogP) is 1.19. The summed E-state index contributed by atoms with van der Waals surface area (Å²) in [7, 11) is 1.75. The van der Waals surface area contributed by atoms with Gasteiger partial charge in [-0.3, -0.25) is 4.79 Å². The van der Waals surface area contributed by atoms with Gasteiger partial charge < -0.3 is 19.4 Å². The summed E-state index contributed by atoms with van der Waals surface area (Å²) in [6, 6.07) is 12.3. The molecular weight excluding hydrogens is 302 g/mol. The van der Waals surface area contributed by atoms with Crippen molar-refractivity contribution in [3.05, 3.63) is 58.6 Å². The van der Waals surface area contributed by atoms with Crippen LogP contribution in [-0.2, 0) is 13.6 Å². The summed E-state index contributed by atoms with van der Waals surface area (Å²) >= 11 is 0. The average molecular weight is 323 g/mol. The number of piperazine rings is 1. The first-order valence-corrected chi connectivity index (χ1v) is 8.28. The minimum atomic E-state index is -0.00249. The van der Waals surface area contributed by atoms with Crippen LogP contribution in [0.2, 0.25) is 0 Å². The van der Waals surface area contributed by atoms with E-state index in [-0.39, 0.29) is 5.56 Å². The first-order valence-electron chi connectivity index (χ1n) is 8.28. The SMILES string of the molecule is Cn1cnc2cc(N3CCNCC3)n(Cc3ccccc3)c2c1=O. The number of aryl methyl sites for hydroxylation is 1. The highest BCUT2D eigenvalue weighted by Crippen LogP contribution is 2.25. The molecule has 3 aromatic rings. The Kier molecular flexibility index (Phi) is 3.82. The Balaban J connectivity index is 1.89. The number of nitrogens with one attached hydrogen (secondary N) is 1. The Bertz CT molecular complexity index is 906. The molecule has 0 atom stereocenters. The summed E-state index contributed by atoms with van der Waals surface area (Å²) in [5.74, 6) is 1.08. The van der Waals surface area contributed by atoms with E-state index in [0.29, 0.717) is 12.1 Å². The molecule has 0 saturated carbocycles. The van der Waals surface area contributed by atoms with E-state index in [4.69, 9.17) is 0 Å². The lowest BCUT2D eigenvalue weighted by molar-refractivity contribution is 0.576. The smallest absolute Gasteiger partial charge is 0.277 e. The Labute approximate surface area is 140 Å². The van der Waals surface area contributed by atoms with Gasteiger partial charge in [0.15, 0.2) is 0 Å². The number of fused-ring (bicyclic) bond motifs is 1. The molecule has 0 unspecified atom stereocenters. The number of anilines is 1. The maximum absolute atomic E-state index is 12.7. The van der Waals surface area contributed by atoms with Crippen LogP contribution in [0.4, 0.5) is 5.82 Å². The summed E-state index contributed by atoms with van der Waals surface area (Å²) in [4.78, 5) is 19.5. The normalized spacial score (nSPS) is 15.1. The van der Waals surface area contributed by atoms with E-state index < -0.39 is 0 Å². The number of aromatic nitrogens is 3. The maximum atomic E-state index is 12.7. The van der Waals surface area contributed by atoms with Crippen LogP contribution in [0.25, 0.3) is 11.0 Å². The molecule has 0 aliphatic carbocycles. The molecule has 1 aromatic carbocycles. The molecular formula is C18H21N5O. The molecule has 24 heavy (non-hydrogen) atoms. The van der Waals surface area contributed by atoms with Gasteiger partial charge in [0.2, 0.25) is 0 Å². The van der Waals surface area contributed by atoms with Crippen LogP contribution in [0.3, 0.4) is 0 Å². The molecule has 124 valence electrons. The Morgan fingerprint density at radius 2 is 1.92 bits per heavy atom. The number of hydrogen-bond donors (Lipinski definition) is 1. The second-order valence-corrected chi connectivity index (χ2v) is 6.21. The van der Waals surface area contributed by atoms with Gasteiger partial charge in [0, 0.05) is 45.8 Å². The minimum absolute atomic E-state index is 0.00249. The summed E-state index contributed by atoms with van der Waals surface area (Å²) in [6.07, 6.45) is 1.60. The van der Waals surface area contributed by atoms with Crippen molar-refractivity contribution in [1.82, 2.24) is 19.4 Å². The summed E-state index contributed by atoms with van der Waals surface area (Å²) < 4.78 is 3.66. The van der Waals surface area contributed by atoms with Crippen molar-refractivity contribution in [2.24, 2.45) is 7.05 Å². The lowest BCUT2D eigenvalue weighted by atomic mass is 10.2. The Morgan fingerprint density at radius 1 is 1.17 bits per heavy atom. The fraction of sp³-hybridized carbons (Fsp3) is 0.333. The van der Waals surface area contributed by atoms with Crippen molar-refractivity contribution in [2.75, 3.05) is 31.1 Å². The van der Waals surface area contributed by atoms with Gasteiger partial charge in [-0.05, 0) is 5.56 Å². The van der Waals surface area contributed by atoms with Crippen molar-refractivity contribution in [1.29, 1.82) is 0 Å². The molecule has 6 heteroatoms. The molecule has 1 aliphatic rings. The van der Waals surface area contributed by atoms with Gasteiger partial charge in [0.1, 0.15) is 11.3 Å². The van der Waals surface area contributed by atoms with Crippen molar-refractivity contribution >= 4 is 16.9 Å². The second kappa shape index (κ2) is 6.13. The molecule has 1 aliphatic heterocycles. The maximum Gasteiger partial charge on any atom is 0.277 e. The largest absolute Gasteiger partial charge is 0.355 e. The van der Waals surface area contributed by atoms with Gasteiger partial charge in [0.05, 0.1) is 11.8 Å². The van der Waals surface area contributed by atoms with Crippen molar-refractivity contribution < 1.29 is 0 Å². The zero-order valence-electron chi connectivity index (χ0n) is 13.8. The van der Waals surface area contributed by atoms with E-state index in [0.717, 1.165) is 37.5 Å². The quantitative estimate of drug-likeness (QED) is 0.787. The summed E-state index contributed by atoms with van der Waals surface area (Å²) in [5, 5.41) is 3.38. The first-order chi connectivity index (χ1) is 11.7. The third-order valence-electron chi connectivity index (χ3n) is 4.57. The van der Waals surface area contributed by atoms with Crippen molar-refractivity contribution in [2.45, 2.75) is 6.54 Å². The molecule has 4 rings (SSSR count). The lowest BCUT2D eigenvalue weighted by Gasteiger charge is -2.30. The molecule has 6 nitrogen and oxygen atoms in total. The highest BCUT2D eigenvalue weighted by molar-refractivity contribution is 5.81. The number of benzene rings is 1. The van der Waals surface area contributed by atoms with Gasteiger partial charge >= 0.3 is 0 Å². The van der Waals surface area contributed by atoms with E-state index in [1.165, 1.54) is 5.56 Å².